The van der Waals surface area contributed by atoms with Gasteiger partial charge in [0.05, 0.1) is 17.8 Å². The van der Waals surface area contributed by atoms with Crippen molar-refractivity contribution in [2.45, 2.75) is 25.7 Å². The van der Waals surface area contributed by atoms with Crippen LogP contribution in [0.1, 0.15) is 49.3 Å². The summed E-state index contributed by atoms with van der Waals surface area (Å²) >= 11 is 0.957. The lowest BCUT2D eigenvalue weighted by Gasteiger charge is -2.12. The number of nitrogens with zero attached hydrogens (tertiary/aromatic N) is 4. The quantitative estimate of drug-likeness (QED) is 0.464. The summed E-state index contributed by atoms with van der Waals surface area (Å²) in [5, 5.41) is 7.21. The molecule has 0 saturated heterocycles. The number of hydrogen-bond donors (Lipinski definition) is 3. The van der Waals surface area contributed by atoms with E-state index in [1.54, 1.807) is 19.0 Å². The lowest BCUT2D eigenvalue weighted by molar-refractivity contribution is -0.139. The molecule has 1 aromatic carbocycles. The van der Waals surface area contributed by atoms with Crippen LogP contribution in [0.25, 0.3) is 0 Å². The number of hydrazine groups is 1. The number of rotatable bonds is 5. The SMILES string of the molecule is CC(NC(=O)c1ncnc2c1CN(C)N2)c1ncc(C(=O)Nc2ccc(F)c(C(F)(F)F)c2)s1. The Morgan fingerprint density at radius 3 is 2.71 bits per heavy atom. The van der Waals surface area contributed by atoms with Crippen LogP contribution < -0.4 is 16.1 Å². The first-order valence-corrected chi connectivity index (χ1v) is 10.6. The van der Waals surface area contributed by atoms with E-state index in [2.05, 4.69) is 31.0 Å². The highest BCUT2D eigenvalue weighted by atomic mass is 32.1. The fourth-order valence-corrected chi connectivity index (χ4v) is 4.06. The topological polar surface area (TPSA) is 112 Å². The number of thiazole rings is 1. The first kappa shape index (κ1) is 23.5. The Kier molecular flexibility index (Phi) is 6.18. The van der Waals surface area contributed by atoms with Gasteiger partial charge in [-0.1, -0.05) is 0 Å². The number of anilines is 2. The van der Waals surface area contributed by atoms with E-state index < -0.39 is 35.4 Å². The van der Waals surface area contributed by atoms with Crippen LogP contribution in [0, 0.1) is 5.82 Å². The van der Waals surface area contributed by atoms with Crippen molar-refractivity contribution in [2.24, 2.45) is 0 Å². The zero-order valence-corrected chi connectivity index (χ0v) is 18.5. The molecular formula is C20H17F4N7O2S. The standard InChI is InChI=1S/C20H17F4N7O2S/c1-9(28-18(33)15-11-7-31(2)30-16(11)27-8-26-15)19-25-6-14(34-19)17(32)29-10-3-4-13(21)12(5-10)20(22,23)24/h3-6,8-9H,7H2,1-2H3,(H,28,33)(H,29,32)(H,26,27,30). The summed E-state index contributed by atoms with van der Waals surface area (Å²) in [4.78, 5) is 37.6. The molecule has 1 aliphatic rings. The minimum absolute atomic E-state index is 0.0998. The highest BCUT2D eigenvalue weighted by Crippen LogP contribution is 2.33. The largest absolute Gasteiger partial charge is 0.419 e. The molecule has 0 spiro atoms. The van der Waals surface area contributed by atoms with Crippen LogP contribution >= 0.6 is 11.3 Å². The lowest BCUT2D eigenvalue weighted by atomic mass is 10.2. The van der Waals surface area contributed by atoms with E-state index in [-0.39, 0.29) is 16.3 Å². The number of nitrogens with one attached hydrogen (secondary N) is 3. The number of hydrogen-bond acceptors (Lipinski definition) is 8. The fourth-order valence-electron chi connectivity index (χ4n) is 3.24. The molecular weight excluding hydrogens is 478 g/mol. The summed E-state index contributed by atoms with van der Waals surface area (Å²) in [6.45, 7) is 2.11. The van der Waals surface area contributed by atoms with Crippen molar-refractivity contribution in [1.29, 1.82) is 0 Å². The van der Waals surface area contributed by atoms with E-state index >= 15 is 0 Å². The molecule has 4 rings (SSSR count). The van der Waals surface area contributed by atoms with Gasteiger partial charge in [-0.2, -0.15) is 13.2 Å². The Bertz CT molecular complexity index is 1260. The van der Waals surface area contributed by atoms with E-state index in [4.69, 9.17) is 0 Å². The van der Waals surface area contributed by atoms with E-state index in [1.807, 2.05) is 0 Å². The number of benzene rings is 1. The summed E-state index contributed by atoms with van der Waals surface area (Å²) in [6.07, 6.45) is -2.38. The highest BCUT2D eigenvalue weighted by molar-refractivity contribution is 7.13. The molecule has 0 bridgehead atoms. The third-order valence-electron chi connectivity index (χ3n) is 4.85. The first-order chi connectivity index (χ1) is 16.0. The van der Waals surface area contributed by atoms with Crippen molar-refractivity contribution in [3.8, 4) is 0 Å². The molecule has 3 aromatic rings. The van der Waals surface area contributed by atoms with Gasteiger partial charge in [0.15, 0.2) is 0 Å². The summed E-state index contributed by atoms with van der Waals surface area (Å²) in [6, 6.07) is 1.59. The summed E-state index contributed by atoms with van der Waals surface area (Å²) in [5.74, 6) is -2.06. The smallest absolute Gasteiger partial charge is 0.342 e. The fraction of sp³-hybridized carbons (Fsp3) is 0.250. The van der Waals surface area contributed by atoms with Crippen molar-refractivity contribution < 1.29 is 27.2 Å². The number of amides is 2. The molecule has 1 atom stereocenters. The maximum Gasteiger partial charge on any atom is 0.419 e. The predicted molar refractivity (Wildman–Crippen MR) is 114 cm³/mol. The molecule has 1 aliphatic heterocycles. The van der Waals surface area contributed by atoms with Gasteiger partial charge in [0.2, 0.25) is 0 Å². The number of carbonyl (C=O) groups excluding carboxylic acids is 2. The monoisotopic (exact) mass is 495 g/mol. The van der Waals surface area contributed by atoms with Crippen molar-refractivity contribution in [2.75, 3.05) is 17.8 Å². The van der Waals surface area contributed by atoms with Crippen LogP contribution in [-0.2, 0) is 12.7 Å². The van der Waals surface area contributed by atoms with Crippen LogP contribution in [0.15, 0.2) is 30.7 Å². The third kappa shape index (κ3) is 4.82. The molecule has 9 nitrogen and oxygen atoms in total. The van der Waals surface area contributed by atoms with Crippen molar-refractivity contribution in [1.82, 2.24) is 25.3 Å². The maximum absolute atomic E-state index is 13.4. The molecule has 0 radical (unpaired) electrons. The third-order valence-corrected chi connectivity index (χ3v) is 6.03. The number of alkyl halides is 3. The van der Waals surface area contributed by atoms with Gasteiger partial charge < -0.3 is 16.1 Å². The minimum atomic E-state index is -4.90. The lowest BCUT2D eigenvalue weighted by Crippen LogP contribution is -2.28. The molecule has 0 aliphatic carbocycles. The van der Waals surface area contributed by atoms with Crippen LogP contribution in [-0.4, -0.2) is 38.8 Å². The Balaban J connectivity index is 1.44. The van der Waals surface area contributed by atoms with Crippen LogP contribution in [0.4, 0.5) is 29.1 Å². The van der Waals surface area contributed by atoms with Crippen molar-refractivity contribution >= 4 is 34.7 Å². The summed E-state index contributed by atoms with van der Waals surface area (Å²) in [5.41, 5.74) is 2.15. The van der Waals surface area contributed by atoms with Crippen molar-refractivity contribution in [3.63, 3.8) is 0 Å². The van der Waals surface area contributed by atoms with Gasteiger partial charge in [-0.25, -0.2) is 24.4 Å². The van der Waals surface area contributed by atoms with Gasteiger partial charge in [0.1, 0.15) is 33.5 Å². The van der Waals surface area contributed by atoms with E-state index in [0.717, 1.165) is 17.4 Å². The summed E-state index contributed by atoms with van der Waals surface area (Å²) < 4.78 is 52.1. The van der Waals surface area contributed by atoms with E-state index in [0.29, 0.717) is 35.1 Å². The number of halogens is 4. The molecule has 34 heavy (non-hydrogen) atoms. The van der Waals surface area contributed by atoms with Crippen molar-refractivity contribution in [3.05, 3.63) is 63.2 Å². The Morgan fingerprint density at radius 2 is 1.97 bits per heavy atom. The first-order valence-electron chi connectivity index (χ1n) is 9.79. The minimum Gasteiger partial charge on any atom is -0.342 e. The molecule has 3 heterocycles. The van der Waals surface area contributed by atoms with Gasteiger partial charge >= 0.3 is 6.18 Å². The Labute approximate surface area is 194 Å². The van der Waals surface area contributed by atoms with Gasteiger partial charge in [0, 0.05) is 24.8 Å². The zero-order chi connectivity index (χ0) is 24.6. The molecule has 178 valence electrons. The highest BCUT2D eigenvalue weighted by Gasteiger charge is 2.34. The number of fused-ring (bicyclic) bond motifs is 1. The molecule has 1 unspecified atom stereocenters. The predicted octanol–water partition coefficient (Wildman–Crippen LogP) is 3.61. The molecule has 14 heteroatoms. The normalized spacial score (nSPS) is 14.3. The van der Waals surface area contributed by atoms with Crippen LogP contribution in [0.3, 0.4) is 0 Å². The number of carbonyl (C=O) groups is 2. The van der Waals surface area contributed by atoms with Gasteiger partial charge in [-0.15, -0.1) is 11.3 Å². The molecule has 2 amide bonds. The Morgan fingerprint density at radius 1 is 1.21 bits per heavy atom. The average molecular weight is 495 g/mol. The van der Waals surface area contributed by atoms with Crippen LogP contribution in [0.2, 0.25) is 0 Å². The maximum atomic E-state index is 13.4. The van der Waals surface area contributed by atoms with Gasteiger partial charge in [-0.3, -0.25) is 9.59 Å². The van der Waals surface area contributed by atoms with Gasteiger partial charge in [-0.05, 0) is 25.1 Å². The van der Waals surface area contributed by atoms with E-state index in [1.165, 1.54) is 12.5 Å². The Hall–Kier alpha value is -3.65. The average Bonchev–Trinajstić information content (AvgIpc) is 3.40. The van der Waals surface area contributed by atoms with Crippen LogP contribution in [0.5, 0.6) is 0 Å². The van der Waals surface area contributed by atoms with Gasteiger partial charge in [0.25, 0.3) is 11.8 Å². The van der Waals surface area contributed by atoms with E-state index in [9.17, 15) is 27.2 Å². The summed E-state index contributed by atoms with van der Waals surface area (Å²) in [7, 11) is 1.80. The molecule has 3 N–H and O–H groups in total. The molecule has 0 saturated carbocycles. The number of aromatic nitrogens is 3. The second-order valence-corrected chi connectivity index (χ2v) is 8.48. The second kappa shape index (κ2) is 8.95. The second-order valence-electron chi connectivity index (χ2n) is 7.42. The molecule has 2 aromatic heterocycles. The molecule has 0 fully saturated rings. The zero-order valence-electron chi connectivity index (χ0n) is 17.7.